The van der Waals surface area contributed by atoms with E-state index in [9.17, 15) is 14.4 Å². The van der Waals surface area contributed by atoms with E-state index in [4.69, 9.17) is 9.15 Å². The first-order valence-corrected chi connectivity index (χ1v) is 7.90. The fraction of sp³-hybridized carbons (Fsp3) is 0.412. The van der Waals surface area contributed by atoms with Gasteiger partial charge in [-0.3, -0.25) is 9.59 Å². The molecule has 0 radical (unpaired) electrons. The zero-order valence-corrected chi connectivity index (χ0v) is 14.4. The molecule has 0 bridgehead atoms. The summed E-state index contributed by atoms with van der Waals surface area (Å²) in [5.74, 6) is -0.345. The van der Waals surface area contributed by atoms with Crippen molar-refractivity contribution in [3.63, 3.8) is 0 Å². The van der Waals surface area contributed by atoms with Gasteiger partial charge in [-0.1, -0.05) is 13.8 Å². The Morgan fingerprint density at radius 1 is 1.32 bits per heavy atom. The number of esters is 1. The van der Waals surface area contributed by atoms with E-state index in [1.54, 1.807) is 12.1 Å². The van der Waals surface area contributed by atoms with Gasteiger partial charge in [0.25, 0.3) is 5.56 Å². The standard InChI is InChI=1S/C17H21N3O5/c1-11(2)9-13(17(23)24-3)18-15(21)10-20-16(22)7-6-12(19-20)14-5-4-8-25-14/h4-8,11,13H,9-10H2,1-3H3,(H,18,21). The molecule has 2 aromatic rings. The maximum Gasteiger partial charge on any atom is 0.328 e. The lowest BCUT2D eigenvalue weighted by Gasteiger charge is -2.18. The number of rotatable bonds is 7. The summed E-state index contributed by atoms with van der Waals surface area (Å²) in [6, 6.07) is 5.47. The Labute approximate surface area is 144 Å². The molecule has 1 unspecified atom stereocenters. The Kier molecular flexibility index (Phi) is 6.10. The molecular weight excluding hydrogens is 326 g/mol. The Hall–Kier alpha value is -2.90. The van der Waals surface area contributed by atoms with Crippen LogP contribution in [0, 0.1) is 5.92 Å². The SMILES string of the molecule is COC(=O)C(CC(C)C)NC(=O)Cn1nc(-c2ccco2)ccc1=O. The predicted octanol–water partition coefficient (Wildman–Crippen LogP) is 1.21. The fourth-order valence-electron chi connectivity index (χ4n) is 2.32. The summed E-state index contributed by atoms with van der Waals surface area (Å²) in [5, 5.41) is 6.71. The van der Waals surface area contributed by atoms with Crippen molar-refractivity contribution in [1.82, 2.24) is 15.1 Å². The molecule has 0 fully saturated rings. The Morgan fingerprint density at radius 3 is 2.68 bits per heavy atom. The number of hydrogen-bond donors (Lipinski definition) is 1. The molecule has 134 valence electrons. The van der Waals surface area contributed by atoms with Crippen LogP contribution < -0.4 is 10.9 Å². The minimum atomic E-state index is -0.763. The van der Waals surface area contributed by atoms with E-state index in [1.165, 1.54) is 25.5 Å². The molecule has 0 saturated heterocycles. The first kappa shape index (κ1) is 18.4. The van der Waals surface area contributed by atoms with Crippen LogP contribution >= 0.6 is 0 Å². The second-order valence-corrected chi connectivity index (χ2v) is 5.96. The largest absolute Gasteiger partial charge is 0.467 e. The summed E-state index contributed by atoms with van der Waals surface area (Å²) in [5.41, 5.74) is 0.00744. The third-order valence-corrected chi connectivity index (χ3v) is 3.46. The van der Waals surface area contributed by atoms with Crippen LogP contribution in [0.3, 0.4) is 0 Å². The van der Waals surface area contributed by atoms with Gasteiger partial charge in [-0.15, -0.1) is 0 Å². The lowest BCUT2D eigenvalue weighted by molar-refractivity contribution is -0.145. The molecule has 0 aliphatic heterocycles. The predicted molar refractivity (Wildman–Crippen MR) is 89.6 cm³/mol. The number of amides is 1. The van der Waals surface area contributed by atoms with Gasteiger partial charge in [0.15, 0.2) is 5.76 Å². The zero-order chi connectivity index (χ0) is 18.4. The Morgan fingerprint density at radius 2 is 2.08 bits per heavy atom. The molecule has 8 nitrogen and oxygen atoms in total. The first-order chi connectivity index (χ1) is 11.9. The third kappa shape index (κ3) is 5.03. The topological polar surface area (TPSA) is 103 Å². The highest BCUT2D eigenvalue weighted by Gasteiger charge is 2.23. The van der Waals surface area contributed by atoms with Crippen LogP contribution in [0.4, 0.5) is 0 Å². The molecule has 1 amide bonds. The molecule has 2 rings (SSSR count). The third-order valence-electron chi connectivity index (χ3n) is 3.46. The van der Waals surface area contributed by atoms with Crippen molar-refractivity contribution in [3.05, 3.63) is 40.9 Å². The zero-order valence-electron chi connectivity index (χ0n) is 14.4. The number of carbonyl (C=O) groups excluding carboxylic acids is 2. The van der Waals surface area contributed by atoms with Crippen LogP contribution in [0.5, 0.6) is 0 Å². The van der Waals surface area contributed by atoms with Crippen molar-refractivity contribution >= 4 is 11.9 Å². The molecule has 25 heavy (non-hydrogen) atoms. The van der Waals surface area contributed by atoms with E-state index in [0.29, 0.717) is 17.9 Å². The highest BCUT2D eigenvalue weighted by Crippen LogP contribution is 2.15. The molecule has 1 N–H and O–H groups in total. The van der Waals surface area contributed by atoms with Gasteiger partial charge in [0.05, 0.1) is 13.4 Å². The van der Waals surface area contributed by atoms with Gasteiger partial charge in [0.2, 0.25) is 5.91 Å². The van der Waals surface area contributed by atoms with Crippen molar-refractivity contribution in [2.24, 2.45) is 5.92 Å². The molecule has 1 atom stereocenters. The minimum absolute atomic E-state index is 0.188. The van der Waals surface area contributed by atoms with Gasteiger partial charge in [0, 0.05) is 6.07 Å². The van der Waals surface area contributed by atoms with Crippen LogP contribution in [-0.2, 0) is 20.9 Å². The van der Waals surface area contributed by atoms with E-state index >= 15 is 0 Å². The summed E-state index contributed by atoms with van der Waals surface area (Å²) < 4.78 is 11.0. The second kappa shape index (κ2) is 8.27. The summed E-state index contributed by atoms with van der Waals surface area (Å²) >= 11 is 0. The van der Waals surface area contributed by atoms with Gasteiger partial charge >= 0.3 is 5.97 Å². The van der Waals surface area contributed by atoms with E-state index in [1.807, 2.05) is 13.8 Å². The monoisotopic (exact) mass is 347 g/mol. The van der Waals surface area contributed by atoms with Crippen molar-refractivity contribution in [2.75, 3.05) is 7.11 Å². The average Bonchev–Trinajstić information content (AvgIpc) is 3.09. The summed E-state index contributed by atoms with van der Waals surface area (Å²) in [4.78, 5) is 35.9. The van der Waals surface area contributed by atoms with Crippen LogP contribution in [0.25, 0.3) is 11.5 Å². The van der Waals surface area contributed by atoms with Crippen LogP contribution in [0.1, 0.15) is 20.3 Å². The van der Waals surface area contributed by atoms with Crippen molar-refractivity contribution in [3.8, 4) is 11.5 Å². The van der Waals surface area contributed by atoms with Crippen LogP contribution in [-0.4, -0.2) is 34.8 Å². The number of ether oxygens (including phenoxy) is 1. The van der Waals surface area contributed by atoms with Gasteiger partial charge in [-0.25, -0.2) is 9.48 Å². The number of methoxy groups -OCH3 is 1. The van der Waals surface area contributed by atoms with Crippen molar-refractivity contribution < 1.29 is 18.7 Å². The van der Waals surface area contributed by atoms with Crippen LogP contribution in [0.15, 0.2) is 39.7 Å². The van der Waals surface area contributed by atoms with Gasteiger partial charge in [-0.05, 0) is 30.5 Å². The van der Waals surface area contributed by atoms with E-state index in [-0.39, 0.29) is 12.5 Å². The Bertz CT molecular complexity index is 780. The molecule has 0 aliphatic carbocycles. The lowest BCUT2D eigenvalue weighted by Crippen LogP contribution is -2.44. The number of aromatic nitrogens is 2. The first-order valence-electron chi connectivity index (χ1n) is 7.90. The molecular formula is C17H21N3O5. The van der Waals surface area contributed by atoms with Gasteiger partial charge < -0.3 is 14.5 Å². The number of nitrogens with one attached hydrogen (secondary N) is 1. The van der Waals surface area contributed by atoms with E-state index in [0.717, 1.165) is 4.68 Å². The smallest absolute Gasteiger partial charge is 0.328 e. The molecule has 8 heteroatoms. The highest BCUT2D eigenvalue weighted by atomic mass is 16.5. The minimum Gasteiger partial charge on any atom is -0.467 e. The summed E-state index contributed by atoms with van der Waals surface area (Å²) in [6.45, 7) is 3.56. The highest BCUT2D eigenvalue weighted by molar-refractivity contribution is 5.84. The Balaban J connectivity index is 2.12. The van der Waals surface area contributed by atoms with Crippen molar-refractivity contribution in [2.45, 2.75) is 32.9 Å². The number of hydrogen-bond acceptors (Lipinski definition) is 6. The molecule has 0 saturated carbocycles. The molecule has 2 heterocycles. The maximum absolute atomic E-state index is 12.2. The van der Waals surface area contributed by atoms with Crippen molar-refractivity contribution in [1.29, 1.82) is 0 Å². The molecule has 0 spiro atoms. The number of nitrogens with zero attached hydrogens (tertiary/aromatic N) is 2. The lowest BCUT2D eigenvalue weighted by atomic mass is 10.0. The number of furan rings is 1. The van der Waals surface area contributed by atoms with E-state index in [2.05, 4.69) is 10.4 Å². The quantitative estimate of drug-likeness (QED) is 0.755. The average molecular weight is 347 g/mol. The van der Waals surface area contributed by atoms with Gasteiger partial charge in [-0.2, -0.15) is 5.10 Å². The second-order valence-electron chi connectivity index (χ2n) is 5.96. The molecule has 0 aromatic carbocycles. The van der Waals surface area contributed by atoms with E-state index < -0.39 is 23.5 Å². The fourth-order valence-corrected chi connectivity index (χ4v) is 2.32. The maximum atomic E-state index is 12.2. The van der Waals surface area contributed by atoms with Crippen LogP contribution in [0.2, 0.25) is 0 Å². The number of carbonyl (C=O) groups is 2. The van der Waals surface area contributed by atoms with Gasteiger partial charge in [0.1, 0.15) is 18.3 Å². The molecule has 0 aliphatic rings. The molecule has 2 aromatic heterocycles. The summed E-state index contributed by atoms with van der Waals surface area (Å²) in [6.07, 6.45) is 1.93. The normalized spacial score (nSPS) is 12.0. The summed E-state index contributed by atoms with van der Waals surface area (Å²) in [7, 11) is 1.26.